The molecule has 0 aromatic heterocycles. The Morgan fingerprint density at radius 1 is 1.06 bits per heavy atom. The van der Waals surface area contributed by atoms with Crippen LogP contribution in [0.2, 0.25) is 0 Å². The van der Waals surface area contributed by atoms with Gasteiger partial charge in [-0.15, -0.1) is 0 Å². The molecule has 1 amide bonds. The van der Waals surface area contributed by atoms with E-state index >= 15 is 0 Å². The van der Waals surface area contributed by atoms with Crippen LogP contribution in [0, 0.1) is 0 Å². The molecule has 2 aromatic rings. The van der Waals surface area contributed by atoms with Gasteiger partial charge in [-0.2, -0.15) is 13.2 Å². The molecule has 0 unspecified atom stereocenters. The summed E-state index contributed by atoms with van der Waals surface area (Å²) in [5.41, 5.74) is -4.71. The summed E-state index contributed by atoms with van der Waals surface area (Å²) >= 11 is 0. The van der Waals surface area contributed by atoms with Gasteiger partial charge in [0.1, 0.15) is 11.4 Å². The van der Waals surface area contributed by atoms with Crippen LogP contribution < -0.4 is 4.74 Å². The minimum absolute atomic E-state index is 0.128. The minimum Gasteiger partial charge on any atom is -0.483 e. The number of amides is 1. The van der Waals surface area contributed by atoms with Crippen LogP contribution in [-0.4, -0.2) is 54.9 Å². The Balaban J connectivity index is 1.65. The molecule has 4 rings (SSSR count). The largest absolute Gasteiger partial charge is 0.501 e. The Hall–Kier alpha value is -2.85. The summed E-state index contributed by atoms with van der Waals surface area (Å²) in [6.07, 6.45) is 1.64. The molecular weight excluding hydrogens is 457 g/mol. The molecule has 0 bridgehead atoms. The summed E-state index contributed by atoms with van der Waals surface area (Å²) in [5, 5.41) is 0. The molecule has 0 N–H and O–H groups in total. The highest BCUT2D eigenvalue weighted by atomic mass is 32.2. The fourth-order valence-corrected chi connectivity index (χ4v) is 4.78. The number of hydrogen-bond acceptors (Lipinski definition) is 5. The first-order valence-electron chi connectivity index (χ1n) is 10.3. The first-order valence-corrected chi connectivity index (χ1v) is 11.8. The third kappa shape index (κ3) is 4.63. The van der Waals surface area contributed by atoms with Crippen molar-refractivity contribution in [2.45, 2.75) is 36.4 Å². The topological polar surface area (TPSA) is 66.9 Å². The maximum Gasteiger partial charge on any atom is 0.501 e. The van der Waals surface area contributed by atoms with E-state index in [0.717, 1.165) is 17.7 Å². The van der Waals surface area contributed by atoms with Crippen molar-refractivity contribution in [3.05, 3.63) is 65.7 Å². The number of nitrogens with zero attached hydrogens (tertiary/aromatic N) is 2. The zero-order valence-electron chi connectivity index (χ0n) is 18.1. The molecule has 1 fully saturated rings. The second-order valence-electron chi connectivity index (χ2n) is 8.58. The first-order chi connectivity index (χ1) is 15.4. The first kappa shape index (κ1) is 23.3. The third-order valence-corrected chi connectivity index (χ3v) is 7.02. The lowest BCUT2D eigenvalue weighted by atomic mass is 9.97. The van der Waals surface area contributed by atoms with Crippen molar-refractivity contribution in [2.24, 2.45) is 0 Å². The molecule has 2 aliphatic rings. The molecule has 10 heteroatoms. The Morgan fingerprint density at radius 2 is 1.76 bits per heavy atom. The Labute approximate surface area is 190 Å². The van der Waals surface area contributed by atoms with E-state index in [-0.39, 0.29) is 23.8 Å². The summed E-state index contributed by atoms with van der Waals surface area (Å²) in [7, 11) is -5.54. The van der Waals surface area contributed by atoms with Crippen LogP contribution in [0.1, 0.15) is 25.0 Å². The highest BCUT2D eigenvalue weighted by molar-refractivity contribution is 7.92. The van der Waals surface area contributed by atoms with Crippen molar-refractivity contribution >= 4 is 21.4 Å². The number of alkyl halides is 3. The van der Waals surface area contributed by atoms with Crippen LogP contribution >= 0.6 is 0 Å². The number of ether oxygens (including phenoxy) is 1. The fraction of sp³-hybridized carbons (Fsp3) is 0.348. The van der Waals surface area contributed by atoms with Crippen molar-refractivity contribution < 1.29 is 31.1 Å². The van der Waals surface area contributed by atoms with Gasteiger partial charge in [0.15, 0.2) is 0 Å². The Morgan fingerprint density at radius 3 is 2.39 bits per heavy atom. The predicted octanol–water partition coefficient (Wildman–Crippen LogP) is 3.84. The van der Waals surface area contributed by atoms with E-state index in [1.807, 2.05) is 35.2 Å². The van der Waals surface area contributed by atoms with E-state index in [9.17, 15) is 26.4 Å². The molecule has 0 saturated carbocycles. The number of benzene rings is 2. The van der Waals surface area contributed by atoms with Gasteiger partial charge in [-0.3, -0.25) is 9.69 Å². The number of carbonyl (C=O) groups is 1. The summed E-state index contributed by atoms with van der Waals surface area (Å²) < 4.78 is 69.1. The van der Waals surface area contributed by atoms with Crippen LogP contribution in [0.4, 0.5) is 13.2 Å². The van der Waals surface area contributed by atoms with Gasteiger partial charge >= 0.3 is 5.51 Å². The van der Waals surface area contributed by atoms with E-state index in [2.05, 4.69) is 0 Å². The van der Waals surface area contributed by atoms with E-state index in [1.54, 1.807) is 19.9 Å². The van der Waals surface area contributed by atoms with Gasteiger partial charge < -0.3 is 9.64 Å². The third-order valence-electron chi connectivity index (χ3n) is 5.54. The highest BCUT2D eigenvalue weighted by Crippen LogP contribution is 2.41. The van der Waals surface area contributed by atoms with Gasteiger partial charge in [-0.05, 0) is 43.7 Å². The van der Waals surface area contributed by atoms with E-state index < -0.39 is 25.8 Å². The average Bonchev–Trinajstić information content (AvgIpc) is 2.72. The summed E-state index contributed by atoms with van der Waals surface area (Å²) in [6, 6.07) is 12.7. The molecule has 0 radical (unpaired) electrons. The second kappa shape index (κ2) is 8.18. The van der Waals surface area contributed by atoms with E-state index in [1.165, 1.54) is 11.0 Å². The Kier molecular flexibility index (Phi) is 5.78. The molecule has 0 atom stereocenters. The lowest BCUT2D eigenvalue weighted by molar-refractivity contribution is -0.132. The predicted molar refractivity (Wildman–Crippen MR) is 116 cm³/mol. The van der Waals surface area contributed by atoms with E-state index in [4.69, 9.17) is 4.74 Å². The number of rotatable bonds is 4. The van der Waals surface area contributed by atoms with Crippen molar-refractivity contribution in [3.63, 3.8) is 0 Å². The SMILES string of the molecule is CC1(C)C=C(N2CCN(Cc3ccccc3)CC2=O)c2cc(S(=O)(=O)C(F)(F)F)ccc2O1. The molecule has 1 saturated heterocycles. The van der Waals surface area contributed by atoms with Crippen molar-refractivity contribution in [2.75, 3.05) is 19.6 Å². The molecule has 0 aliphatic carbocycles. The number of carbonyl (C=O) groups excluding carboxylic acids is 1. The number of hydrogen-bond donors (Lipinski definition) is 0. The average molecular weight is 481 g/mol. The van der Waals surface area contributed by atoms with Crippen LogP contribution in [0.3, 0.4) is 0 Å². The van der Waals surface area contributed by atoms with Crippen molar-refractivity contribution in [1.29, 1.82) is 0 Å². The van der Waals surface area contributed by atoms with Crippen LogP contribution in [0.25, 0.3) is 5.70 Å². The highest BCUT2D eigenvalue weighted by Gasteiger charge is 2.47. The molecule has 6 nitrogen and oxygen atoms in total. The number of sulfone groups is 1. The molecule has 176 valence electrons. The number of halogens is 3. The number of fused-ring (bicyclic) bond motifs is 1. The van der Waals surface area contributed by atoms with Gasteiger partial charge in [-0.1, -0.05) is 30.3 Å². The van der Waals surface area contributed by atoms with Gasteiger partial charge in [0.25, 0.3) is 9.84 Å². The van der Waals surface area contributed by atoms with Gasteiger partial charge in [0.2, 0.25) is 5.91 Å². The zero-order valence-corrected chi connectivity index (χ0v) is 18.9. The lowest BCUT2D eigenvalue weighted by Gasteiger charge is -2.39. The number of piperazine rings is 1. The quantitative estimate of drug-likeness (QED) is 0.666. The second-order valence-corrected chi connectivity index (χ2v) is 10.5. The Bertz CT molecular complexity index is 1210. The fourth-order valence-electron chi connectivity index (χ4n) is 4.00. The maximum atomic E-state index is 13.1. The lowest BCUT2D eigenvalue weighted by Crippen LogP contribution is -2.49. The van der Waals surface area contributed by atoms with Crippen LogP contribution in [-0.2, 0) is 21.2 Å². The molecular formula is C23H23F3N2O4S. The van der Waals surface area contributed by atoms with Gasteiger partial charge in [0, 0.05) is 25.2 Å². The summed E-state index contributed by atoms with van der Waals surface area (Å²) in [6.45, 7) is 5.10. The van der Waals surface area contributed by atoms with Crippen LogP contribution in [0.5, 0.6) is 5.75 Å². The molecule has 0 spiro atoms. The van der Waals surface area contributed by atoms with Crippen molar-refractivity contribution in [1.82, 2.24) is 9.80 Å². The van der Waals surface area contributed by atoms with Gasteiger partial charge in [0.05, 0.1) is 17.1 Å². The normalized spacial score (nSPS) is 19.0. The zero-order chi connectivity index (χ0) is 24.0. The summed E-state index contributed by atoms with van der Waals surface area (Å²) in [5.74, 6) is -0.00528. The van der Waals surface area contributed by atoms with Crippen molar-refractivity contribution in [3.8, 4) is 5.75 Å². The molecule has 2 aliphatic heterocycles. The monoisotopic (exact) mass is 480 g/mol. The maximum absolute atomic E-state index is 13.1. The van der Waals surface area contributed by atoms with Gasteiger partial charge in [-0.25, -0.2) is 8.42 Å². The summed E-state index contributed by atoms with van der Waals surface area (Å²) in [4.78, 5) is 15.7. The molecule has 2 aromatic carbocycles. The molecule has 2 heterocycles. The smallest absolute Gasteiger partial charge is 0.483 e. The molecule has 33 heavy (non-hydrogen) atoms. The standard InChI is InChI=1S/C23H23F3N2O4S/c1-22(2)13-19(18-12-17(8-9-20(18)32-22)33(30,31)23(24,25)26)28-11-10-27(15-21(28)29)14-16-6-4-3-5-7-16/h3-9,12-13H,10-11,14-15H2,1-2H3. The van der Waals surface area contributed by atoms with Crippen LogP contribution in [0.15, 0.2) is 59.5 Å². The minimum atomic E-state index is -5.54. The van der Waals surface area contributed by atoms with E-state index in [0.29, 0.717) is 25.3 Å².